The third-order valence-electron chi connectivity index (χ3n) is 2.77. The third-order valence-corrected chi connectivity index (χ3v) is 3.64. The minimum absolute atomic E-state index is 0.181. The van der Waals surface area contributed by atoms with Crippen molar-refractivity contribution in [2.24, 2.45) is 0 Å². The molecule has 2 rings (SSSR count). The standard InChI is InChI=1S/C13H15BrO4/c14-12-9(3-1-4-11(15)16)5-6-10-13(12)18-8-2-7-17-10/h5-6H,1-4,7-8H2,(H,15,16). The number of carbonyl (C=O) groups is 1. The van der Waals surface area contributed by atoms with Gasteiger partial charge in [0, 0.05) is 12.8 Å². The molecule has 1 aliphatic heterocycles. The molecule has 0 unspecified atom stereocenters. The summed E-state index contributed by atoms with van der Waals surface area (Å²) in [6, 6.07) is 3.85. The quantitative estimate of drug-likeness (QED) is 0.928. The SMILES string of the molecule is O=C(O)CCCc1ccc2c(c1Br)OCCCO2. The van der Waals surface area contributed by atoms with E-state index in [2.05, 4.69) is 15.9 Å². The van der Waals surface area contributed by atoms with E-state index in [4.69, 9.17) is 14.6 Å². The molecule has 0 aromatic heterocycles. The molecule has 0 atom stereocenters. The van der Waals surface area contributed by atoms with Gasteiger partial charge < -0.3 is 14.6 Å². The molecule has 0 bridgehead atoms. The number of hydrogen-bond donors (Lipinski definition) is 1. The number of ether oxygens (including phenoxy) is 2. The Bertz CT molecular complexity index is 445. The monoisotopic (exact) mass is 314 g/mol. The summed E-state index contributed by atoms with van der Waals surface area (Å²) in [7, 11) is 0. The van der Waals surface area contributed by atoms with Gasteiger partial charge in [-0.2, -0.15) is 0 Å². The fourth-order valence-electron chi connectivity index (χ4n) is 1.87. The summed E-state index contributed by atoms with van der Waals surface area (Å²) in [6.45, 7) is 1.31. The van der Waals surface area contributed by atoms with Crippen LogP contribution < -0.4 is 9.47 Å². The van der Waals surface area contributed by atoms with Gasteiger partial charge in [-0.05, 0) is 40.4 Å². The van der Waals surface area contributed by atoms with Crippen LogP contribution in [0.15, 0.2) is 16.6 Å². The Kier molecular flexibility index (Phi) is 4.47. The Morgan fingerprint density at radius 1 is 1.33 bits per heavy atom. The smallest absolute Gasteiger partial charge is 0.303 e. The van der Waals surface area contributed by atoms with E-state index < -0.39 is 5.97 Å². The lowest BCUT2D eigenvalue weighted by atomic mass is 10.1. The fourth-order valence-corrected chi connectivity index (χ4v) is 2.51. The normalized spacial score (nSPS) is 14.1. The predicted octanol–water partition coefficient (Wildman–Crippen LogP) is 3.02. The van der Waals surface area contributed by atoms with Crippen LogP contribution in [-0.4, -0.2) is 24.3 Å². The summed E-state index contributed by atoms with van der Waals surface area (Å²) < 4.78 is 12.1. The summed E-state index contributed by atoms with van der Waals surface area (Å²) in [5, 5.41) is 8.63. The molecule has 0 aliphatic carbocycles. The van der Waals surface area contributed by atoms with E-state index in [0.717, 1.165) is 28.0 Å². The van der Waals surface area contributed by atoms with Gasteiger partial charge in [-0.3, -0.25) is 4.79 Å². The molecule has 0 saturated carbocycles. The Morgan fingerprint density at radius 2 is 2.11 bits per heavy atom. The van der Waals surface area contributed by atoms with E-state index in [1.807, 2.05) is 12.1 Å². The van der Waals surface area contributed by atoms with Crippen LogP contribution >= 0.6 is 15.9 Å². The number of carboxylic acid groups (broad SMARTS) is 1. The minimum atomic E-state index is -0.763. The average molecular weight is 315 g/mol. The van der Waals surface area contributed by atoms with Crippen LogP contribution in [0.1, 0.15) is 24.8 Å². The number of fused-ring (bicyclic) bond motifs is 1. The van der Waals surface area contributed by atoms with E-state index >= 15 is 0 Å². The maximum atomic E-state index is 10.5. The summed E-state index contributed by atoms with van der Waals surface area (Å²) in [5.74, 6) is 0.724. The van der Waals surface area contributed by atoms with E-state index in [-0.39, 0.29) is 6.42 Å². The second kappa shape index (κ2) is 6.09. The molecule has 1 N–H and O–H groups in total. The van der Waals surface area contributed by atoms with E-state index in [0.29, 0.717) is 26.1 Å². The maximum absolute atomic E-state index is 10.5. The molecule has 4 nitrogen and oxygen atoms in total. The van der Waals surface area contributed by atoms with Gasteiger partial charge in [0.15, 0.2) is 11.5 Å². The molecule has 0 spiro atoms. The van der Waals surface area contributed by atoms with E-state index in [9.17, 15) is 4.79 Å². The van der Waals surface area contributed by atoms with Crippen LogP contribution in [0.4, 0.5) is 0 Å². The zero-order valence-corrected chi connectivity index (χ0v) is 11.5. The van der Waals surface area contributed by atoms with Gasteiger partial charge in [0.1, 0.15) is 0 Å². The molecule has 0 amide bonds. The highest BCUT2D eigenvalue weighted by Gasteiger charge is 2.16. The van der Waals surface area contributed by atoms with Crippen molar-refractivity contribution < 1.29 is 19.4 Å². The van der Waals surface area contributed by atoms with Crippen molar-refractivity contribution in [2.75, 3.05) is 13.2 Å². The zero-order valence-electron chi connectivity index (χ0n) is 9.95. The topological polar surface area (TPSA) is 55.8 Å². The Morgan fingerprint density at radius 3 is 2.89 bits per heavy atom. The molecule has 0 fully saturated rings. The van der Waals surface area contributed by atoms with Gasteiger partial charge in [0.2, 0.25) is 0 Å². The molecule has 0 radical (unpaired) electrons. The minimum Gasteiger partial charge on any atom is -0.490 e. The van der Waals surface area contributed by atoms with Gasteiger partial charge in [-0.25, -0.2) is 0 Å². The van der Waals surface area contributed by atoms with Gasteiger partial charge >= 0.3 is 5.97 Å². The lowest BCUT2D eigenvalue weighted by molar-refractivity contribution is -0.137. The second-order valence-electron chi connectivity index (χ2n) is 4.16. The van der Waals surface area contributed by atoms with E-state index in [1.54, 1.807) is 0 Å². The van der Waals surface area contributed by atoms with Crippen molar-refractivity contribution in [2.45, 2.75) is 25.7 Å². The first-order valence-electron chi connectivity index (χ1n) is 5.97. The molecule has 1 aliphatic rings. The molecule has 18 heavy (non-hydrogen) atoms. The summed E-state index contributed by atoms with van der Waals surface area (Å²) in [6.07, 6.45) is 2.38. The molecule has 5 heteroatoms. The Labute approximate surface area is 114 Å². The van der Waals surface area contributed by atoms with E-state index in [1.165, 1.54) is 0 Å². The Hall–Kier alpha value is -1.23. The third kappa shape index (κ3) is 3.16. The molecule has 0 saturated heterocycles. The zero-order chi connectivity index (χ0) is 13.0. The summed E-state index contributed by atoms with van der Waals surface area (Å²) >= 11 is 3.52. The highest BCUT2D eigenvalue weighted by Crippen LogP contribution is 2.39. The van der Waals surface area contributed by atoms with Crippen LogP contribution in [0.3, 0.4) is 0 Å². The number of rotatable bonds is 4. The van der Waals surface area contributed by atoms with Crippen LogP contribution in [0.5, 0.6) is 11.5 Å². The maximum Gasteiger partial charge on any atom is 0.303 e. The number of aliphatic carboxylic acids is 1. The number of aryl methyl sites for hydroxylation is 1. The lowest BCUT2D eigenvalue weighted by Crippen LogP contribution is -1.99. The van der Waals surface area contributed by atoms with Gasteiger partial charge in [-0.1, -0.05) is 6.07 Å². The van der Waals surface area contributed by atoms with Gasteiger partial charge in [0.25, 0.3) is 0 Å². The van der Waals surface area contributed by atoms with Crippen molar-refractivity contribution in [3.05, 3.63) is 22.2 Å². The molecule has 1 heterocycles. The molecule has 98 valence electrons. The first-order chi connectivity index (χ1) is 8.68. The number of halogens is 1. The van der Waals surface area contributed by atoms with Crippen molar-refractivity contribution >= 4 is 21.9 Å². The summed E-state index contributed by atoms with van der Waals surface area (Å²) in [5.41, 5.74) is 1.06. The molecular weight excluding hydrogens is 300 g/mol. The highest BCUT2D eigenvalue weighted by atomic mass is 79.9. The van der Waals surface area contributed by atoms with Crippen molar-refractivity contribution in [3.8, 4) is 11.5 Å². The second-order valence-corrected chi connectivity index (χ2v) is 4.96. The first-order valence-corrected chi connectivity index (χ1v) is 6.76. The number of carboxylic acids is 1. The fraction of sp³-hybridized carbons (Fsp3) is 0.462. The molecule has 1 aromatic carbocycles. The van der Waals surface area contributed by atoms with Crippen LogP contribution in [0, 0.1) is 0 Å². The van der Waals surface area contributed by atoms with Crippen LogP contribution in [0.25, 0.3) is 0 Å². The average Bonchev–Trinajstić information content (AvgIpc) is 2.57. The first kappa shape index (κ1) is 13.2. The summed E-state index contributed by atoms with van der Waals surface area (Å²) in [4.78, 5) is 10.5. The lowest BCUT2D eigenvalue weighted by Gasteiger charge is -2.12. The van der Waals surface area contributed by atoms with Crippen LogP contribution in [-0.2, 0) is 11.2 Å². The molecule has 1 aromatic rings. The van der Waals surface area contributed by atoms with Gasteiger partial charge in [0.05, 0.1) is 17.7 Å². The van der Waals surface area contributed by atoms with Crippen molar-refractivity contribution in [1.82, 2.24) is 0 Å². The Balaban J connectivity index is 2.12. The predicted molar refractivity (Wildman–Crippen MR) is 70.3 cm³/mol. The highest BCUT2D eigenvalue weighted by molar-refractivity contribution is 9.10. The van der Waals surface area contributed by atoms with Crippen molar-refractivity contribution in [1.29, 1.82) is 0 Å². The molecular formula is C13H15BrO4. The number of hydrogen-bond acceptors (Lipinski definition) is 3. The van der Waals surface area contributed by atoms with Crippen LogP contribution in [0.2, 0.25) is 0 Å². The largest absolute Gasteiger partial charge is 0.490 e. The van der Waals surface area contributed by atoms with Crippen molar-refractivity contribution in [3.63, 3.8) is 0 Å². The number of benzene rings is 1. The van der Waals surface area contributed by atoms with Gasteiger partial charge in [-0.15, -0.1) is 0 Å².